The second-order valence-corrected chi connectivity index (χ2v) is 8.53. The maximum absolute atomic E-state index is 13.4. The van der Waals surface area contributed by atoms with Crippen LogP contribution < -0.4 is 15.0 Å². The Morgan fingerprint density at radius 1 is 1.16 bits per heavy atom. The third-order valence-corrected chi connectivity index (χ3v) is 6.34. The molecule has 1 aromatic heterocycles. The normalized spacial score (nSPS) is 15.9. The molecule has 0 radical (unpaired) electrons. The number of amides is 2. The first kappa shape index (κ1) is 21.9. The second kappa shape index (κ2) is 9.46. The second-order valence-electron chi connectivity index (χ2n) is 7.14. The van der Waals surface area contributed by atoms with Crippen LogP contribution in [0.15, 0.2) is 66.0 Å². The molecule has 164 valence electrons. The van der Waals surface area contributed by atoms with Gasteiger partial charge in [-0.2, -0.15) is 0 Å². The van der Waals surface area contributed by atoms with E-state index in [9.17, 15) is 14.0 Å². The van der Waals surface area contributed by atoms with Crippen molar-refractivity contribution >= 4 is 51.9 Å². The van der Waals surface area contributed by atoms with E-state index in [-0.39, 0.29) is 23.3 Å². The number of thiocarbonyl (C=S) groups is 1. The Morgan fingerprint density at radius 2 is 1.88 bits per heavy atom. The summed E-state index contributed by atoms with van der Waals surface area (Å²) in [6.07, 6.45) is -0.0753. The molecule has 4 rings (SSSR count). The van der Waals surface area contributed by atoms with Crippen molar-refractivity contribution in [3.8, 4) is 5.75 Å². The summed E-state index contributed by atoms with van der Waals surface area (Å²) < 4.78 is 18.5. The highest BCUT2D eigenvalue weighted by atomic mass is 32.1. The lowest BCUT2D eigenvalue weighted by Gasteiger charge is -2.23. The van der Waals surface area contributed by atoms with Crippen molar-refractivity contribution in [2.24, 2.45) is 0 Å². The molecule has 1 aliphatic heterocycles. The lowest BCUT2D eigenvalue weighted by molar-refractivity contribution is -0.124. The predicted octanol–water partition coefficient (Wildman–Crippen LogP) is 4.43. The number of ether oxygens (including phenoxy) is 1. The molecule has 0 aliphatic carbocycles. The number of nitrogens with one attached hydrogen (secondary N) is 1. The van der Waals surface area contributed by atoms with E-state index in [4.69, 9.17) is 17.0 Å². The summed E-state index contributed by atoms with van der Waals surface area (Å²) in [5.74, 6) is -0.356. The van der Waals surface area contributed by atoms with E-state index in [0.717, 1.165) is 4.88 Å². The number of benzene rings is 2. The third kappa shape index (κ3) is 4.63. The molecule has 0 saturated carbocycles. The summed E-state index contributed by atoms with van der Waals surface area (Å²) in [6, 6.07) is 15.6. The molecule has 2 aromatic carbocycles. The lowest BCUT2D eigenvalue weighted by atomic mass is 10.1. The van der Waals surface area contributed by atoms with Gasteiger partial charge in [0, 0.05) is 10.6 Å². The number of carbonyl (C=O) groups excluding carboxylic acids is 2. The Balaban J connectivity index is 1.56. The van der Waals surface area contributed by atoms with Crippen LogP contribution in [0.2, 0.25) is 0 Å². The molecule has 6 nitrogen and oxygen atoms in total. The highest BCUT2D eigenvalue weighted by molar-refractivity contribution is 7.80. The molecule has 1 fully saturated rings. The number of thiophene rings is 1. The average Bonchev–Trinajstić information content (AvgIpc) is 3.38. The summed E-state index contributed by atoms with van der Waals surface area (Å²) >= 11 is 7.16. The molecule has 3 aromatic rings. The van der Waals surface area contributed by atoms with E-state index < -0.39 is 11.9 Å². The molecule has 1 N–H and O–H groups in total. The molecule has 1 aliphatic rings. The standard InChI is InChI=1S/C23H20FN3O3S2/c1-30-18-10-6-16(7-11-18)25-21(28)13-20-22(29)27(17-8-4-15(24)5-9-17)23(31)26(20)14-19-3-2-12-32-19/h2-12,20H,13-14H2,1H3,(H,25,28)/t20-/m1/s1. The van der Waals surface area contributed by atoms with Crippen molar-refractivity contribution in [1.29, 1.82) is 0 Å². The van der Waals surface area contributed by atoms with Crippen molar-refractivity contribution in [2.45, 2.75) is 19.0 Å². The van der Waals surface area contributed by atoms with Crippen LogP contribution in [-0.2, 0) is 16.1 Å². The minimum atomic E-state index is -0.770. The third-order valence-electron chi connectivity index (χ3n) is 5.06. The molecular weight excluding hydrogens is 449 g/mol. The highest BCUT2D eigenvalue weighted by Crippen LogP contribution is 2.30. The van der Waals surface area contributed by atoms with Crippen LogP contribution in [0, 0.1) is 5.82 Å². The number of rotatable bonds is 7. The van der Waals surface area contributed by atoms with Gasteiger partial charge in [-0.1, -0.05) is 6.07 Å². The van der Waals surface area contributed by atoms with Gasteiger partial charge in [0.25, 0.3) is 5.91 Å². The van der Waals surface area contributed by atoms with Gasteiger partial charge in [-0.3, -0.25) is 14.5 Å². The van der Waals surface area contributed by atoms with Crippen LogP contribution in [0.4, 0.5) is 15.8 Å². The first-order valence-corrected chi connectivity index (χ1v) is 11.1. The molecule has 1 saturated heterocycles. The largest absolute Gasteiger partial charge is 0.497 e. The number of nitrogens with zero attached hydrogens (tertiary/aromatic N) is 2. The molecule has 2 heterocycles. The smallest absolute Gasteiger partial charge is 0.256 e. The van der Waals surface area contributed by atoms with Gasteiger partial charge >= 0.3 is 0 Å². The zero-order chi connectivity index (χ0) is 22.7. The van der Waals surface area contributed by atoms with Gasteiger partial charge in [0.1, 0.15) is 17.6 Å². The van der Waals surface area contributed by atoms with Gasteiger partial charge in [-0.05, 0) is 72.2 Å². The van der Waals surface area contributed by atoms with E-state index >= 15 is 0 Å². The number of halogens is 1. The SMILES string of the molecule is COc1ccc(NC(=O)C[C@@H]2C(=O)N(c3ccc(F)cc3)C(=S)N2Cc2cccs2)cc1. The first-order chi connectivity index (χ1) is 15.5. The van der Waals surface area contributed by atoms with Gasteiger partial charge in [0.2, 0.25) is 5.91 Å². The Bertz CT molecular complexity index is 1120. The van der Waals surface area contributed by atoms with Gasteiger partial charge in [0.15, 0.2) is 5.11 Å². The maximum atomic E-state index is 13.4. The predicted molar refractivity (Wildman–Crippen MR) is 126 cm³/mol. The number of carbonyl (C=O) groups is 2. The Morgan fingerprint density at radius 3 is 2.50 bits per heavy atom. The van der Waals surface area contributed by atoms with E-state index in [1.54, 1.807) is 47.6 Å². The van der Waals surface area contributed by atoms with Crippen LogP contribution >= 0.6 is 23.6 Å². The van der Waals surface area contributed by atoms with Gasteiger partial charge in [0.05, 0.1) is 25.8 Å². The van der Waals surface area contributed by atoms with Crippen molar-refractivity contribution in [2.75, 3.05) is 17.3 Å². The Hall–Kier alpha value is -3.30. The molecular formula is C23H20FN3O3S2. The highest BCUT2D eigenvalue weighted by Gasteiger charge is 2.44. The van der Waals surface area contributed by atoms with Gasteiger partial charge in [-0.25, -0.2) is 4.39 Å². The van der Waals surface area contributed by atoms with Crippen molar-refractivity contribution in [1.82, 2.24) is 4.90 Å². The molecule has 32 heavy (non-hydrogen) atoms. The van der Waals surface area contributed by atoms with Crippen molar-refractivity contribution < 1.29 is 18.7 Å². The number of anilines is 2. The zero-order valence-corrected chi connectivity index (χ0v) is 18.8. The fourth-order valence-corrected chi connectivity index (χ4v) is 4.56. The molecule has 0 unspecified atom stereocenters. The summed E-state index contributed by atoms with van der Waals surface area (Å²) in [5.41, 5.74) is 1.07. The molecule has 2 amide bonds. The van der Waals surface area contributed by atoms with Crippen molar-refractivity contribution in [3.05, 3.63) is 76.7 Å². The number of hydrogen-bond donors (Lipinski definition) is 1. The van der Waals surface area contributed by atoms with E-state index in [0.29, 0.717) is 23.7 Å². The fourth-order valence-electron chi connectivity index (χ4n) is 3.47. The monoisotopic (exact) mass is 469 g/mol. The Labute approximate surface area is 194 Å². The van der Waals surface area contributed by atoms with Crippen LogP contribution in [0.3, 0.4) is 0 Å². The average molecular weight is 470 g/mol. The summed E-state index contributed by atoms with van der Waals surface area (Å²) in [7, 11) is 1.57. The van der Waals surface area contributed by atoms with Gasteiger partial charge in [-0.15, -0.1) is 11.3 Å². The minimum absolute atomic E-state index is 0.0753. The first-order valence-electron chi connectivity index (χ1n) is 9.82. The lowest BCUT2D eigenvalue weighted by Crippen LogP contribution is -2.37. The molecule has 9 heteroatoms. The Kier molecular flexibility index (Phi) is 6.48. The van der Waals surface area contributed by atoms with Gasteiger partial charge < -0.3 is 15.0 Å². The quantitative estimate of drug-likeness (QED) is 0.519. The molecule has 0 bridgehead atoms. The zero-order valence-electron chi connectivity index (χ0n) is 17.2. The number of methoxy groups -OCH3 is 1. The van der Waals surface area contributed by atoms with Crippen LogP contribution in [0.5, 0.6) is 5.75 Å². The molecule has 1 atom stereocenters. The fraction of sp³-hybridized carbons (Fsp3) is 0.174. The topological polar surface area (TPSA) is 61.9 Å². The minimum Gasteiger partial charge on any atom is -0.497 e. The summed E-state index contributed by atoms with van der Waals surface area (Å²) in [5, 5.41) is 5.05. The van der Waals surface area contributed by atoms with Crippen molar-refractivity contribution in [3.63, 3.8) is 0 Å². The van der Waals surface area contributed by atoms with Crippen LogP contribution in [0.25, 0.3) is 0 Å². The summed E-state index contributed by atoms with van der Waals surface area (Å²) in [6.45, 7) is 0.403. The van der Waals surface area contributed by atoms with Crippen LogP contribution in [-0.4, -0.2) is 35.0 Å². The molecule has 0 spiro atoms. The van der Waals surface area contributed by atoms with E-state index in [1.807, 2.05) is 17.5 Å². The maximum Gasteiger partial charge on any atom is 0.256 e. The van der Waals surface area contributed by atoms with E-state index in [1.165, 1.54) is 29.2 Å². The number of hydrogen-bond acceptors (Lipinski definition) is 5. The summed E-state index contributed by atoms with van der Waals surface area (Å²) in [4.78, 5) is 30.2. The van der Waals surface area contributed by atoms with E-state index in [2.05, 4.69) is 5.32 Å². The van der Waals surface area contributed by atoms with Crippen LogP contribution in [0.1, 0.15) is 11.3 Å².